The summed E-state index contributed by atoms with van der Waals surface area (Å²) in [6, 6.07) is 7.57. The Morgan fingerprint density at radius 2 is 2.20 bits per heavy atom. The molecule has 1 aromatic heterocycles. The van der Waals surface area contributed by atoms with E-state index in [4.69, 9.17) is 5.73 Å². The molecule has 0 atom stereocenters. The number of nitrogens with two attached hydrogens (primary N) is 1. The van der Waals surface area contributed by atoms with Gasteiger partial charge in [-0.1, -0.05) is 0 Å². The maximum absolute atomic E-state index is 12.7. The maximum Gasteiger partial charge on any atom is 0.259 e. The van der Waals surface area contributed by atoms with Crippen molar-refractivity contribution in [3.63, 3.8) is 0 Å². The van der Waals surface area contributed by atoms with E-state index >= 15 is 0 Å². The number of aryl methyl sites for hydroxylation is 1. The van der Waals surface area contributed by atoms with E-state index in [1.807, 2.05) is 31.2 Å². The van der Waals surface area contributed by atoms with E-state index in [2.05, 4.69) is 4.98 Å². The third-order valence-corrected chi connectivity index (χ3v) is 4.26. The molecular formula is C15H15N3OS. The summed E-state index contributed by atoms with van der Waals surface area (Å²) in [5, 5.41) is 0. The van der Waals surface area contributed by atoms with Gasteiger partial charge in [0.1, 0.15) is 0 Å². The molecular weight excluding hydrogens is 270 g/mol. The van der Waals surface area contributed by atoms with E-state index in [-0.39, 0.29) is 5.91 Å². The molecule has 0 fully saturated rings. The molecule has 5 heteroatoms. The zero-order chi connectivity index (χ0) is 14.1. The fraction of sp³-hybridized carbons (Fsp3) is 0.200. The molecule has 1 aromatic carbocycles. The number of rotatable bonds is 1. The highest BCUT2D eigenvalue weighted by Crippen LogP contribution is 2.36. The van der Waals surface area contributed by atoms with Gasteiger partial charge < -0.3 is 10.6 Å². The van der Waals surface area contributed by atoms with Crippen molar-refractivity contribution in [2.24, 2.45) is 0 Å². The van der Waals surface area contributed by atoms with Crippen LogP contribution in [0.5, 0.6) is 0 Å². The van der Waals surface area contributed by atoms with E-state index in [1.165, 1.54) is 0 Å². The van der Waals surface area contributed by atoms with Gasteiger partial charge in [-0.05, 0) is 36.8 Å². The molecule has 0 bridgehead atoms. The molecule has 3 rings (SSSR count). The Kier molecular flexibility index (Phi) is 3.36. The summed E-state index contributed by atoms with van der Waals surface area (Å²) in [5.41, 5.74) is 9.01. The summed E-state index contributed by atoms with van der Waals surface area (Å²) < 4.78 is 0. The fourth-order valence-corrected chi connectivity index (χ4v) is 3.25. The van der Waals surface area contributed by atoms with Crippen LogP contribution in [0.2, 0.25) is 0 Å². The molecule has 2 aromatic rings. The van der Waals surface area contributed by atoms with Crippen molar-refractivity contribution in [3.05, 3.63) is 47.8 Å². The zero-order valence-corrected chi connectivity index (χ0v) is 12.0. The predicted octanol–water partition coefficient (Wildman–Crippen LogP) is 2.72. The molecule has 0 unspecified atom stereocenters. The molecule has 0 saturated carbocycles. The lowest BCUT2D eigenvalue weighted by molar-refractivity contribution is 0.0987. The first kappa shape index (κ1) is 13.0. The number of nitrogens with zero attached hydrogens (tertiary/aromatic N) is 2. The van der Waals surface area contributed by atoms with Crippen molar-refractivity contribution < 1.29 is 4.79 Å². The largest absolute Gasteiger partial charge is 0.399 e. The standard InChI is InChI=1S/C15H15N3OS/c1-10-6-11(9-17-8-10)15(19)18-4-5-20-14-3-2-12(16)7-13(14)18/h2-3,6-9H,4-5,16H2,1H3. The first-order valence-corrected chi connectivity index (χ1v) is 7.39. The second kappa shape index (κ2) is 5.17. The number of hydrogen-bond donors (Lipinski definition) is 1. The van der Waals surface area contributed by atoms with Crippen LogP contribution >= 0.6 is 11.8 Å². The van der Waals surface area contributed by atoms with Gasteiger partial charge in [-0.2, -0.15) is 0 Å². The Bertz CT molecular complexity index is 672. The SMILES string of the molecule is Cc1cncc(C(=O)N2CCSc3ccc(N)cc32)c1. The van der Waals surface area contributed by atoms with Crippen LogP contribution in [0.15, 0.2) is 41.6 Å². The molecule has 1 aliphatic heterocycles. The molecule has 2 heterocycles. The van der Waals surface area contributed by atoms with Crippen LogP contribution in [-0.4, -0.2) is 23.2 Å². The predicted molar refractivity (Wildman–Crippen MR) is 82.2 cm³/mol. The van der Waals surface area contributed by atoms with Crippen LogP contribution in [0, 0.1) is 6.92 Å². The minimum atomic E-state index is -0.0200. The molecule has 0 aliphatic carbocycles. The van der Waals surface area contributed by atoms with Crippen molar-refractivity contribution >= 4 is 29.0 Å². The summed E-state index contributed by atoms with van der Waals surface area (Å²) in [5.74, 6) is 0.871. The lowest BCUT2D eigenvalue weighted by Gasteiger charge is -2.29. The van der Waals surface area contributed by atoms with Crippen molar-refractivity contribution in [2.75, 3.05) is 22.9 Å². The Hall–Kier alpha value is -2.01. The van der Waals surface area contributed by atoms with E-state index in [1.54, 1.807) is 29.1 Å². The number of carbonyl (C=O) groups excluding carboxylic acids is 1. The Morgan fingerprint density at radius 3 is 3.00 bits per heavy atom. The summed E-state index contributed by atoms with van der Waals surface area (Å²) in [6.45, 7) is 2.62. The highest BCUT2D eigenvalue weighted by atomic mass is 32.2. The summed E-state index contributed by atoms with van der Waals surface area (Å²) in [7, 11) is 0. The summed E-state index contributed by atoms with van der Waals surface area (Å²) >= 11 is 1.75. The minimum absolute atomic E-state index is 0.0200. The van der Waals surface area contributed by atoms with E-state index in [0.29, 0.717) is 17.8 Å². The molecule has 1 aliphatic rings. The van der Waals surface area contributed by atoms with Gasteiger partial charge in [0.2, 0.25) is 0 Å². The molecule has 2 N–H and O–H groups in total. The lowest BCUT2D eigenvalue weighted by atomic mass is 10.1. The second-order valence-electron chi connectivity index (χ2n) is 4.78. The van der Waals surface area contributed by atoms with Crippen LogP contribution in [0.25, 0.3) is 0 Å². The highest BCUT2D eigenvalue weighted by Gasteiger charge is 2.24. The number of carbonyl (C=O) groups is 1. The monoisotopic (exact) mass is 285 g/mol. The zero-order valence-electron chi connectivity index (χ0n) is 11.2. The quantitative estimate of drug-likeness (QED) is 0.818. The van der Waals surface area contributed by atoms with E-state index in [9.17, 15) is 4.79 Å². The topological polar surface area (TPSA) is 59.2 Å². The Labute approximate surface area is 122 Å². The van der Waals surface area contributed by atoms with Crippen molar-refractivity contribution in [1.29, 1.82) is 0 Å². The highest BCUT2D eigenvalue weighted by molar-refractivity contribution is 7.99. The third kappa shape index (κ3) is 2.36. The number of hydrogen-bond acceptors (Lipinski definition) is 4. The van der Waals surface area contributed by atoms with Gasteiger partial charge in [0, 0.05) is 35.3 Å². The smallest absolute Gasteiger partial charge is 0.259 e. The van der Waals surface area contributed by atoms with Gasteiger partial charge >= 0.3 is 0 Å². The van der Waals surface area contributed by atoms with Crippen LogP contribution in [0.1, 0.15) is 15.9 Å². The number of aromatic nitrogens is 1. The average molecular weight is 285 g/mol. The normalized spacial score (nSPS) is 13.9. The van der Waals surface area contributed by atoms with Gasteiger partial charge in [-0.15, -0.1) is 11.8 Å². The van der Waals surface area contributed by atoms with Gasteiger partial charge in [0.15, 0.2) is 0 Å². The Balaban J connectivity index is 2.00. The molecule has 102 valence electrons. The fourth-order valence-electron chi connectivity index (χ4n) is 2.27. The number of thioether (sulfide) groups is 1. The number of fused-ring (bicyclic) bond motifs is 1. The Morgan fingerprint density at radius 1 is 1.35 bits per heavy atom. The van der Waals surface area contributed by atoms with Crippen molar-refractivity contribution in [3.8, 4) is 0 Å². The van der Waals surface area contributed by atoms with E-state index < -0.39 is 0 Å². The minimum Gasteiger partial charge on any atom is -0.399 e. The van der Waals surface area contributed by atoms with Crippen molar-refractivity contribution in [2.45, 2.75) is 11.8 Å². The van der Waals surface area contributed by atoms with Gasteiger partial charge in [-0.25, -0.2) is 0 Å². The third-order valence-electron chi connectivity index (χ3n) is 3.21. The number of nitrogen functional groups attached to an aromatic ring is 1. The first-order valence-electron chi connectivity index (χ1n) is 6.41. The van der Waals surface area contributed by atoms with Gasteiger partial charge in [0.25, 0.3) is 5.91 Å². The number of anilines is 2. The molecule has 20 heavy (non-hydrogen) atoms. The summed E-state index contributed by atoms with van der Waals surface area (Å²) in [6.07, 6.45) is 3.36. The van der Waals surface area contributed by atoms with Gasteiger partial charge in [-0.3, -0.25) is 9.78 Å². The van der Waals surface area contributed by atoms with Crippen LogP contribution in [0.3, 0.4) is 0 Å². The average Bonchev–Trinajstić information content (AvgIpc) is 2.46. The number of benzene rings is 1. The number of amides is 1. The van der Waals surface area contributed by atoms with Crippen LogP contribution in [0.4, 0.5) is 11.4 Å². The maximum atomic E-state index is 12.7. The first-order chi connectivity index (χ1) is 9.65. The molecule has 1 amide bonds. The second-order valence-corrected chi connectivity index (χ2v) is 5.92. The van der Waals surface area contributed by atoms with Crippen LogP contribution in [-0.2, 0) is 0 Å². The molecule has 4 nitrogen and oxygen atoms in total. The summed E-state index contributed by atoms with van der Waals surface area (Å²) in [4.78, 5) is 19.6. The molecule has 0 spiro atoms. The lowest BCUT2D eigenvalue weighted by Crippen LogP contribution is -2.35. The van der Waals surface area contributed by atoms with E-state index in [0.717, 1.165) is 21.9 Å². The van der Waals surface area contributed by atoms with Gasteiger partial charge in [0.05, 0.1) is 11.3 Å². The van der Waals surface area contributed by atoms with Crippen molar-refractivity contribution in [1.82, 2.24) is 4.98 Å². The molecule has 0 saturated heterocycles. The van der Waals surface area contributed by atoms with Crippen LogP contribution < -0.4 is 10.6 Å². The number of pyridine rings is 1. The molecule has 0 radical (unpaired) electrons.